The molecule has 0 radical (unpaired) electrons. The minimum Gasteiger partial charge on any atom is -0.497 e. The van der Waals surface area contributed by atoms with Crippen LogP contribution in [-0.2, 0) is 10.0 Å². The SMILES string of the molecule is COc1ccc(OC)c([C@@H]2CCN(S(=O)(=O)c3ccc(-c4cc(C)no4)s3)C2)c1. The van der Waals surface area contributed by atoms with Crippen LogP contribution in [0.5, 0.6) is 11.5 Å². The number of rotatable bonds is 6. The molecule has 2 aromatic heterocycles. The molecular weight excluding hydrogens is 412 g/mol. The van der Waals surface area contributed by atoms with Gasteiger partial charge in [-0.05, 0) is 43.7 Å². The van der Waals surface area contributed by atoms with Crippen molar-refractivity contribution >= 4 is 21.4 Å². The van der Waals surface area contributed by atoms with Gasteiger partial charge in [0.15, 0.2) is 5.76 Å². The smallest absolute Gasteiger partial charge is 0.252 e. The number of sulfonamides is 1. The largest absolute Gasteiger partial charge is 0.497 e. The van der Waals surface area contributed by atoms with Crippen molar-refractivity contribution < 1.29 is 22.4 Å². The molecule has 0 aliphatic carbocycles. The van der Waals surface area contributed by atoms with Crippen LogP contribution < -0.4 is 9.47 Å². The minimum absolute atomic E-state index is 0.0474. The zero-order valence-corrected chi connectivity index (χ0v) is 18.0. The molecular formula is C20H22N2O5S2. The third-order valence-corrected chi connectivity index (χ3v) is 8.51. The monoisotopic (exact) mass is 434 g/mol. The van der Waals surface area contributed by atoms with Gasteiger partial charge >= 0.3 is 0 Å². The van der Waals surface area contributed by atoms with Crippen LogP contribution in [-0.4, -0.2) is 45.2 Å². The third kappa shape index (κ3) is 3.77. The standard InChI is InChI=1S/C20H22N2O5S2/c1-13-10-18(27-21-13)19-6-7-20(28-19)29(23,24)22-9-8-14(12-22)16-11-15(25-2)4-5-17(16)26-3/h4-7,10-11,14H,8-9,12H2,1-3H3/t14-/m1/s1. The number of benzene rings is 1. The van der Waals surface area contributed by atoms with E-state index in [2.05, 4.69) is 5.16 Å². The Labute approximate surface area is 173 Å². The molecule has 1 saturated heterocycles. The van der Waals surface area contributed by atoms with Crippen molar-refractivity contribution in [3.63, 3.8) is 0 Å². The maximum atomic E-state index is 13.2. The molecule has 0 amide bonds. The molecule has 1 atom stereocenters. The Morgan fingerprint density at radius 2 is 2.00 bits per heavy atom. The van der Waals surface area contributed by atoms with E-state index in [9.17, 15) is 8.42 Å². The highest BCUT2D eigenvalue weighted by atomic mass is 32.2. The molecule has 1 aromatic carbocycles. The van der Waals surface area contributed by atoms with Gasteiger partial charge in [-0.25, -0.2) is 8.42 Å². The summed E-state index contributed by atoms with van der Waals surface area (Å²) in [7, 11) is -0.347. The molecule has 1 fully saturated rings. The van der Waals surface area contributed by atoms with E-state index in [0.29, 0.717) is 23.1 Å². The fraction of sp³-hybridized carbons (Fsp3) is 0.350. The number of aryl methyl sites for hydroxylation is 1. The average Bonchev–Trinajstić information content (AvgIpc) is 3.47. The second-order valence-corrected chi connectivity index (χ2v) is 10.2. The van der Waals surface area contributed by atoms with Gasteiger partial charge in [-0.3, -0.25) is 0 Å². The first-order valence-corrected chi connectivity index (χ1v) is 11.4. The van der Waals surface area contributed by atoms with Crippen molar-refractivity contribution in [2.75, 3.05) is 27.3 Å². The van der Waals surface area contributed by atoms with Gasteiger partial charge in [0.1, 0.15) is 15.7 Å². The predicted molar refractivity (Wildman–Crippen MR) is 110 cm³/mol. The maximum Gasteiger partial charge on any atom is 0.252 e. The maximum absolute atomic E-state index is 13.2. The number of thiophene rings is 1. The fourth-order valence-electron chi connectivity index (χ4n) is 3.56. The number of aromatic nitrogens is 1. The summed E-state index contributed by atoms with van der Waals surface area (Å²) >= 11 is 1.20. The predicted octanol–water partition coefficient (Wildman–Crippen LogP) is 3.91. The molecule has 7 nitrogen and oxygen atoms in total. The van der Waals surface area contributed by atoms with E-state index in [-0.39, 0.29) is 5.92 Å². The van der Waals surface area contributed by atoms with Crippen LogP contribution in [0, 0.1) is 6.92 Å². The quantitative estimate of drug-likeness (QED) is 0.585. The van der Waals surface area contributed by atoms with Crippen molar-refractivity contribution in [2.24, 2.45) is 0 Å². The topological polar surface area (TPSA) is 81.9 Å². The van der Waals surface area contributed by atoms with Gasteiger partial charge in [-0.2, -0.15) is 4.31 Å². The summed E-state index contributed by atoms with van der Waals surface area (Å²) in [5.41, 5.74) is 1.72. The molecule has 9 heteroatoms. The van der Waals surface area contributed by atoms with Gasteiger partial charge in [0.2, 0.25) is 0 Å². The molecule has 0 unspecified atom stereocenters. The molecule has 3 heterocycles. The Balaban J connectivity index is 1.57. The van der Waals surface area contributed by atoms with Gasteiger partial charge in [-0.1, -0.05) is 5.16 Å². The highest BCUT2D eigenvalue weighted by molar-refractivity contribution is 7.91. The summed E-state index contributed by atoms with van der Waals surface area (Å²) in [6, 6.07) is 10.8. The van der Waals surface area contributed by atoms with Crippen molar-refractivity contribution in [1.29, 1.82) is 0 Å². The van der Waals surface area contributed by atoms with Gasteiger partial charge in [0.05, 0.1) is 24.8 Å². The Morgan fingerprint density at radius 1 is 1.17 bits per heavy atom. The zero-order valence-electron chi connectivity index (χ0n) is 16.4. The summed E-state index contributed by atoms with van der Waals surface area (Å²) in [6.07, 6.45) is 0.724. The lowest BCUT2D eigenvalue weighted by atomic mass is 9.97. The normalized spacial score (nSPS) is 17.6. The summed E-state index contributed by atoms with van der Waals surface area (Å²) in [5.74, 6) is 2.10. The summed E-state index contributed by atoms with van der Waals surface area (Å²) in [6.45, 7) is 2.69. The van der Waals surface area contributed by atoms with Gasteiger partial charge < -0.3 is 14.0 Å². The van der Waals surface area contributed by atoms with Crippen LogP contribution in [0.25, 0.3) is 10.6 Å². The van der Waals surface area contributed by atoms with Crippen molar-refractivity contribution in [1.82, 2.24) is 9.46 Å². The van der Waals surface area contributed by atoms with E-state index >= 15 is 0 Å². The van der Waals surface area contributed by atoms with Crippen LogP contribution in [0.4, 0.5) is 0 Å². The molecule has 4 rings (SSSR count). The second kappa shape index (κ2) is 7.81. The number of hydrogen-bond acceptors (Lipinski definition) is 7. The van der Waals surface area contributed by atoms with Crippen LogP contribution in [0.3, 0.4) is 0 Å². The van der Waals surface area contributed by atoms with Gasteiger partial charge in [-0.15, -0.1) is 11.3 Å². The molecule has 29 heavy (non-hydrogen) atoms. The number of methoxy groups -OCH3 is 2. The third-order valence-electron chi connectivity index (χ3n) is 5.07. The fourth-order valence-corrected chi connectivity index (χ4v) is 6.47. The average molecular weight is 435 g/mol. The molecule has 0 N–H and O–H groups in total. The Hall–Kier alpha value is -2.36. The van der Waals surface area contributed by atoms with Gasteiger partial charge in [0, 0.05) is 30.6 Å². The van der Waals surface area contributed by atoms with Crippen LogP contribution >= 0.6 is 11.3 Å². The Bertz CT molecular complexity index is 1120. The summed E-state index contributed by atoms with van der Waals surface area (Å²) < 4.78 is 44.2. The second-order valence-electron chi connectivity index (χ2n) is 6.91. The van der Waals surface area contributed by atoms with Crippen molar-refractivity contribution in [3.8, 4) is 22.1 Å². The first kappa shape index (κ1) is 19.9. The van der Waals surface area contributed by atoms with E-state index in [1.165, 1.54) is 15.6 Å². The summed E-state index contributed by atoms with van der Waals surface area (Å²) in [5, 5.41) is 3.87. The number of hydrogen-bond donors (Lipinski definition) is 0. The summed E-state index contributed by atoms with van der Waals surface area (Å²) in [4.78, 5) is 0.745. The highest BCUT2D eigenvalue weighted by Gasteiger charge is 2.35. The Kier molecular flexibility index (Phi) is 5.37. The van der Waals surface area contributed by atoms with Gasteiger partial charge in [0.25, 0.3) is 10.0 Å². The first-order valence-electron chi connectivity index (χ1n) is 9.18. The van der Waals surface area contributed by atoms with Crippen LogP contribution in [0.15, 0.2) is 45.1 Å². The Morgan fingerprint density at radius 3 is 2.69 bits per heavy atom. The van der Waals surface area contributed by atoms with E-state index in [1.807, 2.05) is 25.1 Å². The lowest BCUT2D eigenvalue weighted by Gasteiger charge is -2.18. The number of ether oxygens (including phenoxy) is 2. The molecule has 0 spiro atoms. The van der Waals surface area contributed by atoms with Crippen LogP contribution in [0.2, 0.25) is 0 Å². The van der Waals surface area contributed by atoms with Crippen molar-refractivity contribution in [2.45, 2.75) is 23.5 Å². The minimum atomic E-state index is -3.58. The first-order chi connectivity index (χ1) is 13.9. The molecule has 0 saturated carbocycles. The number of nitrogens with zero attached hydrogens (tertiary/aromatic N) is 2. The molecule has 3 aromatic rings. The van der Waals surface area contributed by atoms with E-state index < -0.39 is 10.0 Å². The lowest BCUT2D eigenvalue weighted by molar-refractivity contribution is 0.394. The van der Waals surface area contributed by atoms with Crippen LogP contribution in [0.1, 0.15) is 23.6 Å². The molecule has 1 aliphatic rings. The van der Waals surface area contributed by atoms with E-state index in [0.717, 1.165) is 34.1 Å². The zero-order chi connectivity index (χ0) is 20.6. The highest BCUT2D eigenvalue weighted by Crippen LogP contribution is 2.39. The van der Waals surface area contributed by atoms with Crippen molar-refractivity contribution in [3.05, 3.63) is 47.7 Å². The molecule has 1 aliphatic heterocycles. The van der Waals surface area contributed by atoms with E-state index in [1.54, 1.807) is 32.4 Å². The van der Waals surface area contributed by atoms with E-state index in [4.69, 9.17) is 14.0 Å². The molecule has 0 bridgehead atoms. The lowest BCUT2D eigenvalue weighted by Crippen LogP contribution is -2.28. The molecule has 154 valence electrons.